The summed E-state index contributed by atoms with van der Waals surface area (Å²) in [4.78, 5) is 27.0. The summed E-state index contributed by atoms with van der Waals surface area (Å²) < 4.78 is 28.6. The first kappa shape index (κ1) is 22.7. The summed E-state index contributed by atoms with van der Waals surface area (Å²) in [6.45, 7) is 1.75. The average Bonchev–Trinajstić information content (AvgIpc) is 2.86. The lowest BCUT2D eigenvalue weighted by molar-refractivity contribution is -0.116. The highest BCUT2D eigenvalue weighted by Crippen LogP contribution is 2.45. The number of benzene rings is 3. The number of ketones is 1. The van der Waals surface area contributed by atoms with Gasteiger partial charge in [-0.2, -0.15) is 0 Å². The molecule has 0 fully saturated rings. The Morgan fingerprint density at radius 1 is 0.857 bits per heavy atom. The maximum Gasteiger partial charge on any atom is 0.254 e. The quantitative estimate of drug-likeness (QED) is 0.494. The zero-order chi connectivity index (χ0) is 24.5. The highest BCUT2D eigenvalue weighted by atomic mass is 19.1. The summed E-state index contributed by atoms with van der Waals surface area (Å²) in [5.74, 6) is -3.05. The molecule has 6 heteroatoms. The molecule has 3 aromatic carbocycles. The van der Waals surface area contributed by atoms with E-state index in [0.29, 0.717) is 24.1 Å². The van der Waals surface area contributed by atoms with Gasteiger partial charge >= 0.3 is 0 Å². The lowest BCUT2D eigenvalue weighted by Crippen LogP contribution is -2.37. The van der Waals surface area contributed by atoms with E-state index < -0.39 is 29.1 Å². The van der Waals surface area contributed by atoms with Crippen molar-refractivity contribution in [2.75, 3.05) is 5.32 Å². The lowest BCUT2D eigenvalue weighted by Gasteiger charge is -2.37. The van der Waals surface area contributed by atoms with Crippen LogP contribution in [0.2, 0.25) is 0 Å². The minimum Gasteiger partial charge on any atom is -0.362 e. The summed E-state index contributed by atoms with van der Waals surface area (Å²) in [7, 11) is 0. The van der Waals surface area contributed by atoms with E-state index in [4.69, 9.17) is 0 Å². The first-order valence-electron chi connectivity index (χ1n) is 11.5. The molecule has 2 N–H and O–H groups in total. The number of halogens is 2. The second-order valence-electron chi connectivity index (χ2n) is 8.89. The molecule has 1 aliphatic heterocycles. The molecule has 3 aromatic rings. The smallest absolute Gasteiger partial charge is 0.254 e. The number of hydrogen-bond donors (Lipinski definition) is 2. The first-order chi connectivity index (χ1) is 16.9. The molecule has 2 atom stereocenters. The highest BCUT2D eigenvalue weighted by Gasteiger charge is 2.41. The predicted octanol–water partition coefficient (Wildman–Crippen LogP) is 5.97. The number of rotatable bonds is 4. The number of amides is 1. The molecule has 0 spiro atoms. The van der Waals surface area contributed by atoms with Gasteiger partial charge in [0, 0.05) is 34.9 Å². The standard InChI is InChI=1S/C29H24F2N2O2/c1-17-25(29(35)33-28-21(30)13-8-14-22(28)31)26(19-11-6-3-7-12-19)27-23(32-17)15-20(16-24(27)34)18-9-4-2-5-10-18/h2-14,20,26,32H,15-16H2,1H3,(H,33,35)/t20-,26+/m0/s1. The Labute approximate surface area is 202 Å². The van der Waals surface area contributed by atoms with Crippen molar-refractivity contribution >= 4 is 17.4 Å². The molecule has 2 aliphatic rings. The molecule has 0 saturated carbocycles. The number of para-hydroxylation sites is 1. The second-order valence-corrected chi connectivity index (χ2v) is 8.89. The maximum absolute atomic E-state index is 14.3. The van der Waals surface area contributed by atoms with E-state index in [-0.39, 0.29) is 17.3 Å². The molecule has 0 saturated heterocycles. The largest absolute Gasteiger partial charge is 0.362 e. The van der Waals surface area contributed by atoms with Crippen LogP contribution in [0.1, 0.15) is 42.7 Å². The Balaban J connectivity index is 1.56. The molecule has 1 amide bonds. The highest BCUT2D eigenvalue weighted by molar-refractivity contribution is 6.10. The van der Waals surface area contributed by atoms with Crippen molar-refractivity contribution in [3.05, 3.63) is 124 Å². The van der Waals surface area contributed by atoms with Crippen LogP contribution >= 0.6 is 0 Å². The van der Waals surface area contributed by atoms with Crippen molar-refractivity contribution in [2.24, 2.45) is 0 Å². The minimum atomic E-state index is -0.865. The molecule has 0 aromatic heterocycles. The molecular formula is C29H24F2N2O2. The Morgan fingerprint density at radius 2 is 1.46 bits per heavy atom. The number of anilines is 1. The van der Waals surface area contributed by atoms with E-state index in [1.54, 1.807) is 6.92 Å². The van der Waals surface area contributed by atoms with Crippen molar-refractivity contribution in [3.8, 4) is 0 Å². The fourth-order valence-electron chi connectivity index (χ4n) is 5.08. The summed E-state index contributed by atoms with van der Waals surface area (Å²) in [5, 5.41) is 5.69. The van der Waals surface area contributed by atoms with E-state index in [1.165, 1.54) is 6.07 Å². The summed E-state index contributed by atoms with van der Waals surface area (Å²) in [6.07, 6.45) is 0.951. The Hall–Kier alpha value is -4.06. The minimum absolute atomic E-state index is 0.0297. The van der Waals surface area contributed by atoms with Gasteiger partial charge in [0.25, 0.3) is 5.91 Å². The van der Waals surface area contributed by atoms with E-state index in [1.807, 2.05) is 60.7 Å². The van der Waals surface area contributed by atoms with Gasteiger partial charge in [-0.3, -0.25) is 9.59 Å². The van der Waals surface area contributed by atoms with Crippen LogP contribution in [-0.4, -0.2) is 11.7 Å². The van der Waals surface area contributed by atoms with Gasteiger partial charge in [-0.15, -0.1) is 0 Å². The van der Waals surface area contributed by atoms with E-state index in [2.05, 4.69) is 10.6 Å². The third-order valence-corrected chi connectivity index (χ3v) is 6.68. The van der Waals surface area contributed by atoms with Gasteiger partial charge in [0.05, 0.1) is 0 Å². The third kappa shape index (κ3) is 4.28. The van der Waals surface area contributed by atoms with Crippen LogP contribution in [0.15, 0.2) is 101 Å². The number of hydrogen-bond acceptors (Lipinski definition) is 3. The van der Waals surface area contributed by atoms with E-state index >= 15 is 0 Å². The number of allylic oxidation sites excluding steroid dienone is 3. The number of nitrogens with one attached hydrogen (secondary N) is 2. The van der Waals surface area contributed by atoms with Crippen LogP contribution in [-0.2, 0) is 9.59 Å². The van der Waals surface area contributed by atoms with Crippen LogP contribution in [0.4, 0.5) is 14.5 Å². The monoisotopic (exact) mass is 470 g/mol. The molecule has 0 bridgehead atoms. The van der Waals surface area contributed by atoms with Gasteiger partial charge in [0.15, 0.2) is 5.78 Å². The van der Waals surface area contributed by atoms with E-state index in [9.17, 15) is 18.4 Å². The number of Topliss-reactive ketones (excluding diaryl/α,β-unsaturated/α-hetero) is 1. The van der Waals surface area contributed by atoms with Crippen LogP contribution in [0.25, 0.3) is 0 Å². The molecule has 1 aliphatic carbocycles. The fourth-order valence-corrected chi connectivity index (χ4v) is 5.08. The van der Waals surface area contributed by atoms with Crippen LogP contribution in [0.3, 0.4) is 0 Å². The zero-order valence-corrected chi connectivity index (χ0v) is 19.1. The lowest BCUT2D eigenvalue weighted by atomic mass is 9.71. The molecular weight excluding hydrogens is 446 g/mol. The SMILES string of the molecule is CC1=C(C(=O)Nc2c(F)cccc2F)[C@@H](c2ccccc2)C2=C(C[C@H](c3ccccc3)CC2=O)N1. The van der Waals surface area contributed by atoms with Gasteiger partial charge in [-0.25, -0.2) is 8.78 Å². The first-order valence-corrected chi connectivity index (χ1v) is 11.5. The fraction of sp³-hybridized carbons (Fsp3) is 0.172. The molecule has 0 unspecified atom stereocenters. The van der Waals surface area contributed by atoms with Crippen molar-refractivity contribution in [2.45, 2.75) is 31.6 Å². The number of dihydropyridines is 1. The van der Waals surface area contributed by atoms with Gasteiger partial charge in [-0.05, 0) is 42.5 Å². The summed E-state index contributed by atoms with van der Waals surface area (Å²) in [6, 6.07) is 22.6. The average molecular weight is 471 g/mol. The molecule has 1 heterocycles. The normalized spacial score (nSPS) is 19.8. The van der Waals surface area contributed by atoms with Crippen LogP contribution < -0.4 is 10.6 Å². The van der Waals surface area contributed by atoms with Gasteiger partial charge in [-0.1, -0.05) is 66.7 Å². The molecule has 4 nitrogen and oxygen atoms in total. The molecule has 0 radical (unpaired) electrons. The predicted molar refractivity (Wildman–Crippen MR) is 130 cm³/mol. The zero-order valence-electron chi connectivity index (χ0n) is 19.1. The van der Waals surface area contributed by atoms with Crippen molar-refractivity contribution < 1.29 is 18.4 Å². The third-order valence-electron chi connectivity index (χ3n) is 6.68. The number of carbonyl (C=O) groups excluding carboxylic acids is 2. The van der Waals surface area contributed by atoms with Crippen molar-refractivity contribution in [1.29, 1.82) is 0 Å². The van der Waals surface area contributed by atoms with Gasteiger partial charge in [0.1, 0.15) is 17.3 Å². The Kier molecular flexibility index (Phi) is 6.03. The maximum atomic E-state index is 14.3. The van der Waals surface area contributed by atoms with Crippen molar-refractivity contribution in [3.63, 3.8) is 0 Å². The summed E-state index contributed by atoms with van der Waals surface area (Å²) >= 11 is 0. The molecule has 176 valence electrons. The summed E-state index contributed by atoms with van der Waals surface area (Å²) in [5.41, 5.74) is 3.49. The van der Waals surface area contributed by atoms with Crippen LogP contribution in [0.5, 0.6) is 0 Å². The van der Waals surface area contributed by atoms with Gasteiger partial charge in [0.2, 0.25) is 0 Å². The topological polar surface area (TPSA) is 58.2 Å². The molecule has 5 rings (SSSR count). The Morgan fingerprint density at radius 3 is 2.09 bits per heavy atom. The van der Waals surface area contributed by atoms with Crippen molar-refractivity contribution in [1.82, 2.24) is 5.32 Å². The van der Waals surface area contributed by atoms with Crippen LogP contribution in [0, 0.1) is 11.6 Å². The van der Waals surface area contributed by atoms with E-state index in [0.717, 1.165) is 29.0 Å². The molecule has 35 heavy (non-hydrogen) atoms. The second kappa shape index (κ2) is 9.29. The number of carbonyl (C=O) groups is 2. The van der Waals surface area contributed by atoms with Gasteiger partial charge < -0.3 is 10.6 Å². The Bertz CT molecular complexity index is 1340.